The number of carboxylic acids is 1. The molecule has 0 aliphatic carbocycles. The second kappa shape index (κ2) is 5.28. The Bertz CT molecular complexity index is 659. The van der Waals surface area contributed by atoms with Crippen molar-refractivity contribution in [1.29, 1.82) is 0 Å². The average Bonchev–Trinajstić information content (AvgIpc) is 2.66. The van der Waals surface area contributed by atoms with Crippen LogP contribution in [0.5, 0.6) is 0 Å². The van der Waals surface area contributed by atoms with E-state index in [1.165, 1.54) is 18.2 Å². The minimum Gasteiger partial charge on any atom is -0.478 e. The number of rotatable bonds is 3. The van der Waals surface area contributed by atoms with Gasteiger partial charge in [0.15, 0.2) is 0 Å². The maximum absolute atomic E-state index is 10.9. The average molecular weight is 278 g/mol. The van der Waals surface area contributed by atoms with Gasteiger partial charge in [0.2, 0.25) is 0 Å². The number of carboxylic acid groups (broad SMARTS) is 1. The van der Waals surface area contributed by atoms with Crippen LogP contribution >= 0.6 is 11.6 Å². The molecule has 0 saturated heterocycles. The molecule has 1 aromatic carbocycles. The zero-order valence-corrected chi connectivity index (χ0v) is 11.2. The molecule has 0 spiro atoms. The number of furan rings is 1. The molecule has 0 amide bonds. The molecule has 0 bridgehead atoms. The monoisotopic (exact) mass is 277 g/mol. The zero-order chi connectivity index (χ0) is 14.0. The second-order valence-corrected chi connectivity index (χ2v) is 4.51. The predicted octanol–water partition coefficient (Wildman–Crippen LogP) is 4.00. The van der Waals surface area contributed by atoms with Gasteiger partial charge in [-0.05, 0) is 38.1 Å². The van der Waals surface area contributed by atoms with Gasteiger partial charge in [0.1, 0.15) is 11.5 Å². The number of carbonyl (C=O) groups is 1. The molecule has 0 aliphatic rings. The molecule has 0 atom stereocenters. The molecule has 0 fully saturated rings. The number of hydrogen-bond acceptors (Lipinski definition) is 3. The maximum Gasteiger partial charge on any atom is 0.335 e. The van der Waals surface area contributed by atoms with Gasteiger partial charge in [-0.15, -0.1) is 0 Å². The molecule has 0 aliphatic heterocycles. The summed E-state index contributed by atoms with van der Waals surface area (Å²) in [5, 5.41) is 9.32. The first kappa shape index (κ1) is 13.4. The molecule has 1 heterocycles. The fourth-order valence-electron chi connectivity index (χ4n) is 1.66. The summed E-state index contributed by atoms with van der Waals surface area (Å²) in [7, 11) is 0. The van der Waals surface area contributed by atoms with Crippen LogP contribution in [0.4, 0.5) is 5.69 Å². The van der Waals surface area contributed by atoms with Crippen LogP contribution in [0.25, 0.3) is 0 Å². The van der Waals surface area contributed by atoms with Crippen molar-refractivity contribution in [1.82, 2.24) is 0 Å². The van der Waals surface area contributed by atoms with Crippen molar-refractivity contribution >= 4 is 29.5 Å². The third-order valence-electron chi connectivity index (χ3n) is 2.62. The lowest BCUT2D eigenvalue weighted by Gasteiger charge is -1.99. The largest absolute Gasteiger partial charge is 0.478 e. The summed E-state index contributed by atoms with van der Waals surface area (Å²) in [5.74, 6) is 0.541. The fourth-order valence-corrected chi connectivity index (χ4v) is 1.83. The summed E-state index contributed by atoms with van der Waals surface area (Å²) in [5.41, 5.74) is 1.41. The van der Waals surface area contributed by atoms with Gasteiger partial charge in [-0.1, -0.05) is 11.6 Å². The van der Waals surface area contributed by atoms with E-state index in [0.29, 0.717) is 10.7 Å². The van der Waals surface area contributed by atoms with Crippen molar-refractivity contribution in [2.24, 2.45) is 4.99 Å². The quantitative estimate of drug-likeness (QED) is 0.863. The van der Waals surface area contributed by atoms with Crippen LogP contribution in [0.15, 0.2) is 33.7 Å². The van der Waals surface area contributed by atoms with Crippen LogP contribution in [0.3, 0.4) is 0 Å². The van der Waals surface area contributed by atoms with Gasteiger partial charge < -0.3 is 9.52 Å². The first-order chi connectivity index (χ1) is 8.97. The van der Waals surface area contributed by atoms with Gasteiger partial charge in [-0.2, -0.15) is 0 Å². The van der Waals surface area contributed by atoms with E-state index in [9.17, 15) is 4.79 Å². The van der Waals surface area contributed by atoms with Crippen molar-refractivity contribution in [2.45, 2.75) is 13.8 Å². The van der Waals surface area contributed by atoms with Crippen LogP contribution < -0.4 is 0 Å². The minimum atomic E-state index is -1.01. The molecular formula is C14H12ClNO3. The molecule has 0 radical (unpaired) electrons. The van der Waals surface area contributed by atoms with Crippen LogP contribution in [0.1, 0.15) is 27.4 Å². The van der Waals surface area contributed by atoms with Crippen LogP contribution in [0, 0.1) is 13.8 Å². The molecular weight excluding hydrogens is 266 g/mol. The highest BCUT2D eigenvalue weighted by molar-refractivity contribution is 6.33. The summed E-state index contributed by atoms with van der Waals surface area (Å²) < 4.78 is 5.38. The molecule has 1 aromatic heterocycles. The maximum atomic E-state index is 10.9. The Morgan fingerprint density at radius 1 is 1.37 bits per heavy atom. The number of aryl methyl sites for hydroxylation is 2. The first-order valence-electron chi connectivity index (χ1n) is 5.61. The van der Waals surface area contributed by atoms with Gasteiger partial charge >= 0.3 is 5.97 Å². The van der Waals surface area contributed by atoms with E-state index in [1.807, 2.05) is 19.9 Å². The summed E-state index contributed by atoms with van der Waals surface area (Å²) in [6.45, 7) is 3.69. The molecule has 19 heavy (non-hydrogen) atoms. The number of nitrogens with zero attached hydrogens (tertiary/aromatic N) is 1. The van der Waals surface area contributed by atoms with Crippen molar-refractivity contribution in [3.05, 3.63) is 51.9 Å². The van der Waals surface area contributed by atoms with Crippen molar-refractivity contribution < 1.29 is 14.3 Å². The number of halogens is 1. The van der Waals surface area contributed by atoms with Gasteiger partial charge in [-0.3, -0.25) is 4.99 Å². The standard InChI is InChI=1S/C14H12ClNO3/c1-8-5-11(9(2)19-8)7-16-13-6-10(14(17)18)3-4-12(13)15/h3-7H,1-2H3,(H,17,18). The minimum absolute atomic E-state index is 0.150. The summed E-state index contributed by atoms with van der Waals surface area (Å²) in [6, 6.07) is 6.25. The van der Waals surface area contributed by atoms with Gasteiger partial charge in [-0.25, -0.2) is 4.79 Å². The number of aliphatic imine (C=N–C) groups is 1. The van der Waals surface area contributed by atoms with Crippen molar-refractivity contribution in [2.75, 3.05) is 0 Å². The Labute approximate surface area is 115 Å². The zero-order valence-electron chi connectivity index (χ0n) is 10.5. The Hall–Kier alpha value is -2.07. The molecule has 2 rings (SSSR count). The van der Waals surface area contributed by atoms with Crippen LogP contribution in [-0.2, 0) is 0 Å². The van der Waals surface area contributed by atoms with E-state index >= 15 is 0 Å². The lowest BCUT2D eigenvalue weighted by molar-refractivity contribution is 0.0697. The second-order valence-electron chi connectivity index (χ2n) is 4.10. The number of aromatic carboxylic acids is 1. The van der Waals surface area contributed by atoms with E-state index in [4.69, 9.17) is 21.1 Å². The lowest BCUT2D eigenvalue weighted by atomic mass is 10.2. The van der Waals surface area contributed by atoms with Gasteiger partial charge in [0.25, 0.3) is 0 Å². The topological polar surface area (TPSA) is 62.8 Å². The summed E-state index contributed by atoms with van der Waals surface area (Å²) in [6.07, 6.45) is 1.61. The Kier molecular flexibility index (Phi) is 3.71. The highest BCUT2D eigenvalue weighted by Gasteiger charge is 2.07. The summed E-state index contributed by atoms with van der Waals surface area (Å²) in [4.78, 5) is 15.1. The van der Waals surface area contributed by atoms with Gasteiger partial charge in [0.05, 0.1) is 16.3 Å². The highest BCUT2D eigenvalue weighted by Crippen LogP contribution is 2.26. The number of hydrogen-bond donors (Lipinski definition) is 1. The third-order valence-corrected chi connectivity index (χ3v) is 2.93. The molecule has 5 heteroatoms. The fraction of sp³-hybridized carbons (Fsp3) is 0.143. The molecule has 4 nitrogen and oxygen atoms in total. The van der Waals surface area contributed by atoms with E-state index in [-0.39, 0.29) is 5.56 Å². The Morgan fingerprint density at radius 2 is 2.11 bits per heavy atom. The van der Waals surface area contributed by atoms with E-state index in [1.54, 1.807) is 6.21 Å². The summed E-state index contributed by atoms with van der Waals surface area (Å²) >= 11 is 5.98. The molecule has 2 aromatic rings. The molecule has 98 valence electrons. The molecule has 1 N–H and O–H groups in total. The number of benzene rings is 1. The van der Waals surface area contributed by atoms with E-state index in [0.717, 1.165) is 17.1 Å². The van der Waals surface area contributed by atoms with Crippen LogP contribution in [-0.4, -0.2) is 17.3 Å². The lowest BCUT2D eigenvalue weighted by Crippen LogP contribution is -1.95. The van der Waals surface area contributed by atoms with E-state index < -0.39 is 5.97 Å². The predicted molar refractivity (Wildman–Crippen MR) is 73.8 cm³/mol. The SMILES string of the molecule is Cc1cc(C=Nc2cc(C(=O)O)ccc2Cl)c(C)o1. The molecule has 0 unspecified atom stereocenters. The van der Waals surface area contributed by atoms with Crippen molar-refractivity contribution in [3.8, 4) is 0 Å². The Balaban J connectivity index is 2.35. The van der Waals surface area contributed by atoms with Crippen molar-refractivity contribution in [3.63, 3.8) is 0 Å². The normalized spacial score (nSPS) is 11.1. The molecule has 0 saturated carbocycles. The van der Waals surface area contributed by atoms with Gasteiger partial charge in [0, 0.05) is 11.8 Å². The van der Waals surface area contributed by atoms with Crippen LogP contribution in [0.2, 0.25) is 5.02 Å². The van der Waals surface area contributed by atoms with E-state index in [2.05, 4.69) is 4.99 Å². The smallest absolute Gasteiger partial charge is 0.335 e. The Morgan fingerprint density at radius 3 is 2.68 bits per heavy atom. The third kappa shape index (κ3) is 3.03. The highest BCUT2D eigenvalue weighted by atomic mass is 35.5. The first-order valence-corrected chi connectivity index (χ1v) is 5.99.